The molecule has 0 bridgehead atoms. The molecule has 0 aliphatic carbocycles. The van der Waals surface area contributed by atoms with E-state index in [1.165, 1.54) is 17.7 Å². The van der Waals surface area contributed by atoms with Crippen LogP contribution >= 0.6 is 0 Å². The van der Waals surface area contributed by atoms with E-state index in [0.29, 0.717) is 24.3 Å². The molecule has 0 saturated carbocycles. The van der Waals surface area contributed by atoms with Crippen LogP contribution in [0.25, 0.3) is 0 Å². The lowest BCUT2D eigenvalue weighted by Gasteiger charge is -2.37. The van der Waals surface area contributed by atoms with E-state index in [9.17, 15) is 14.0 Å². The first-order valence-electron chi connectivity index (χ1n) is 11.6. The molecule has 2 atom stereocenters. The van der Waals surface area contributed by atoms with Crippen LogP contribution in [0.3, 0.4) is 0 Å². The second-order valence-corrected chi connectivity index (χ2v) is 8.50. The van der Waals surface area contributed by atoms with Gasteiger partial charge in [-0.15, -0.1) is 0 Å². The highest BCUT2D eigenvalue weighted by Gasteiger charge is 2.31. The molecule has 0 fully saturated rings. The summed E-state index contributed by atoms with van der Waals surface area (Å²) < 4.78 is 19.5. The minimum Gasteiger partial charge on any atom is -0.481 e. The van der Waals surface area contributed by atoms with Crippen molar-refractivity contribution in [2.75, 3.05) is 6.54 Å². The number of nitrogens with zero attached hydrogens (tertiary/aromatic N) is 1. The van der Waals surface area contributed by atoms with Crippen LogP contribution in [-0.2, 0) is 22.6 Å². The highest BCUT2D eigenvalue weighted by atomic mass is 19.1. The number of benzene rings is 3. The van der Waals surface area contributed by atoms with Gasteiger partial charge in [0.2, 0.25) is 5.91 Å². The van der Waals surface area contributed by atoms with Crippen LogP contribution in [0.15, 0.2) is 72.8 Å². The van der Waals surface area contributed by atoms with Gasteiger partial charge >= 0.3 is 0 Å². The Hall–Kier alpha value is -3.67. The SMILES string of the molecule is CC[C@H](Oc1ccc2c(c1)[C@@H](c1ccccc1)N(C(C)=O)CC2)C(=O)NCc1cccc(F)c1. The summed E-state index contributed by atoms with van der Waals surface area (Å²) >= 11 is 0. The number of rotatable bonds is 7. The number of fused-ring (bicyclic) bond motifs is 1. The Morgan fingerprint density at radius 1 is 1.09 bits per heavy atom. The smallest absolute Gasteiger partial charge is 0.261 e. The van der Waals surface area contributed by atoms with E-state index in [2.05, 4.69) is 5.32 Å². The van der Waals surface area contributed by atoms with Crippen LogP contribution in [0.4, 0.5) is 4.39 Å². The fourth-order valence-electron chi connectivity index (χ4n) is 4.44. The van der Waals surface area contributed by atoms with E-state index in [4.69, 9.17) is 4.74 Å². The largest absolute Gasteiger partial charge is 0.481 e. The van der Waals surface area contributed by atoms with E-state index >= 15 is 0 Å². The predicted octanol–water partition coefficient (Wildman–Crippen LogP) is 4.79. The Kier molecular flexibility index (Phi) is 7.26. The molecular weight excluding hydrogens is 431 g/mol. The molecule has 1 aliphatic heterocycles. The zero-order valence-corrected chi connectivity index (χ0v) is 19.5. The summed E-state index contributed by atoms with van der Waals surface area (Å²) in [5.41, 5.74) is 3.91. The minimum atomic E-state index is -0.686. The van der Waals surface area contributed by atoms with Crippen molar-refractivity contribution in [3.63, 3.8) is 0 Å². The van der Waals surface area contributed by atoms with Crippen molar-refractivity contribution in [1.29, 1.82) is 0 Å². The van der Waals surface area contributed by atoms with Crippen molar-refractivity contribution < 1.29 is 18.7 Å². The second kappa shape index (κ2) is 10.5. The fourth-order valence-corrected chi connectivity index (χ4v) is 4.44. The van der Waals surface area contributed by atoms with E-state index in [-0.39, 0.29) is 30.2 Å². The maximum Gasteiger partial charge on any atom is 0.261 e. The summed E-state index contributed by atoms with van der Waals surface area (Å²) in [6.45, 7) is 4.36. The van der Waals surface area contributed by atoms with Crippen molar-refractivity contribution in [3.8, 4) is 5.75 Å². The van der Waals surface area contributed by atoms with Gasteiger partial charge in [-0.2, -0.15) is 0 Å². The summed E-state index contributed by atoms with van der Waals surface area (Å²) in [7, 11) is 0. The molecule has 4 rings (SSSR count). The first kappa shape index (κ1) is 23.5. The molecule has 5 nitrogen and oxygen atoms in total. The Bertz CT molecular complexity index is 1170. The fraction of sp³-hybridized carbons (Fsp3) is 0.286. The molecule has 0 spiro atoms. The summed E-state index contributed by atoms with van der Waals surface area (Å²) in [5, 5.41) is 2.83. The third kappa shape index (κ3) is 5.28. The zero-order chi connectivity index (χ0) is 24.1. The van der Waals surface area contributed by atoms with Crippen molar-refractivity contribution in [2.24, 2.45) is 0 Å². The summed E-state index contributed by atoms with van der Waals surface area (Å²) in [6, 6.07) is 21.8. The Balaban J connectivity index is 1.54. The summed E-state index contributed by atoms with van der Waals surface area (Å²) in [5.74, 6) is 0.0120. The number of hydrogen-bond acceptors (Lipinski definition) is 3. The quantitative estimate of drug-likeness (QED) is 0.551. The Morgan fingerprint density at radius 2 is 1.88 bits per heavy atom. The van der Waals surface area contributed by atoms with Crippen LogP contribution in [0, 0.1) is 5.82 Å². The van der Waals surface area contributed by atoms with Crippen LogP contribution in [-0.4, -0.2) is 29.4 Å². The number of carbonyl (C=O) groups excluding carboxylic acids is 2. The average Bonchev–Trinajstić information content (AvgIpc) is 2.85. The average molecular weight is 461 g/mol. The number of amides is 2. The van der Waals surface area contributed by atoms with Gasteiger partial charge in [-0.1, -0.05) is 55.5 Å². The van der Waals surface area contributed by atoms with Gasteiger partial charge in [-0.25, -0.2) is 4.39 Å². The molecule has 1 heterocycles. The van der Waals surface area contributed by atoms with E-state index in [0.717, 1.165) is 17.5 Å². The van der Waals surface area contributed by atoms with E-state index in [1.807, 2.05) is 60.4 Å². The number of ether oxygens (including phenoxy) is 1. The summed E-state index contributed by atoms with van der Waals surface area (Å²) in [4.78, 5) is 27.1. The number of nitrogens with one attached hydrogen (secondary N) is 1. The maximum absolute atomic E-state index is 13.4. The van der Waals surface area contributed by atoms with Crippen LogP contribution in [0.5, 0.6) is 5.75 Å². The first-order valence-corrected chi connectivity index (χ1v) is 11.6. The molecule has 0 saturated heterocycles. The number of hydrogen-bond donors (Lipinski definition) is 1. The Labute approximate surface area is 199 Å². The Morgan fingerprint density at radius 3 is 2.59 bits per heavy atom. The molecule has 1 aliphatic rings. The molecule has 6 heteroatoms. The third-order valence-electron chi connectivity index (χ3n) is 6.16. The standard InChI is InChI=1S/C28H29FN2O3/c1-3-26(28(33)30-18-20-8-7-11-23(29)16-20)34-24-13-12-21-14-15-31(19(2)32)27(25(21)17-24)22-9-5-4-6-10-22/h4-13,16-17,26-27H,3,14-15,18H2,1-2H3,(H,30,33)/t26-,27+/m0/s1. The van der Waals surface area contributed by atoms with E-state index < -0.39 is 6.10 Å². The lowest BCUT2D eigenvalue weighted by Crippen LogP contribution is -2.39. The maximum atomic E-state index is 13.4. The zero-order valence-electron chi connectivity index (χ0n) is 19.5. The topological polar surface area (TPSA) is 58.6 Å². The van der Waals surface area contributed by atoms with Gasteiger partial charge in [-0.3, -0.25) is 9.59 Å². The van der Waals surface area contributed by atoms with Gasteiger partial charge in [0.05, 0.1) is 6.04 Å². The van der Waals surface area contributed by atoms with Gasteiger partial charge < -0.3 is 15.0 Å². The molecule has 0 unspecified atom stereocenters. The molecule has 3 aromatic rings. The van der Waals surface area contributed by atoms with E-state index in [1.54, 1.807) is 19.1 Å². The number of halogens is 1. The van der Waals surface area contributed by atoms with Crippen molar-refractivity contribution >= 4 is 11.8 Å². The predicted molar refractivity (Wildman–Crippen MR) is 129 cm³/mol. The lowest BCUT2D eigenvalue weighted by atomic mass is 9.88. The monoisotopic (exact) mass is 460 g/mol. The molecule has 1 N–H and O–H groups in total. The van der Waals surface area contributed by atoms with Crippen molar-refractivity contribution in [1.82, 2.24) is 10.2 Å². The summed E-state index contributed by atoms with van der Waals surface area (Å²) in [6.07, 6.45) is 0.562. The number of carbonyl (C=O) groups is 2. The lowest BCUT2D eigenvalue weighted by molar-refractivity contribution is -0.131. The molecule has 0 aromatic heterocycles. The van der Waals surface area contributed by atoms with Crippen LogP contribution in [0.1, 0.15) is 48.6 Å². The highest BCUT2D eigenvalue weighted by Crippen LogP contribution is 2.37. The van der Waals surface area contributed by atoms with Gasteiger partial charge in [0, 0.05) is 20.0 Å². The second-order valence-electron chi connectivity index (χ2n) is 8.50. The van der Waals surface area contributed by atoms with Crippen LogP contribution in [0.2, 0.25) is 0 Å². The van der Waals surface area contributed by atoms with Gasteiger partial charge in [-0.05, 0) is 59.4 Å². The molecular formula is C28H29FN2O3. The molecule has 176 valence electrons. The highest BCUT2D eigenvalue weighted by molar-refractivity contribution is 5.81. The molecule has 0 radical (unpaired) electrons. The normalized spacial score (nSPS) is 15.9. The van der Waals surface area contributed by atoms with Crippen LogP contribution < -0.4 is 10.1 Å². The van der Waals surface area contributed by atoms with Gasteiger partial charge in [0.1, 0.15) is 11.6 Å². The van der Waals surface area contributed by atoms with Crippen molar-refractivity contribution in [2.45, 2.75) is 45.4 Å². The van der Waals surface area contributed by atoms with Gasteiger partial charge in [0.25, 0.3) is 5.91 Å². The molecule has 2 amide bonds. The minimum absolute atomic E-state index is 0.0222. The molecule has 34 heavy (non-hydrogen) atoms. The first-order chi connectivity index (χ1) is 16.5. The van der Waals surface area contributed by atoms with Crippen molar-refractivity contribution in [3.05, 3.63) is 101 Å². The molecule has 3 aromatic carbocycles. The third-order valence-corrected chi connectivity index (χ3v) is 6.16. The van der Waals surface area contributed by atoms with Gasteiger partial charge in [0.15, 0.2) is 6.10 Å².